The van der Waals surface area contributed by atoms with E-state index in [1.54, 1.807) is 12.1 Å². The Bertz CT molecular complexity index is 622. The number of aromatic nitrogens is 2. The maximum Gasteiger partial charge on any atom is 0.343 e. The van der Waals surface area contributed by atoms with Gasteiger partial charge in [-0.1, -0.05) is 0 Å². The van der Waals surface area contributed by atoms with Crippen molar-refractivity contribution in [2.24, 2.45) is 0 Å². The molecule has 0 unspecified atom stereocenters. The summed E-state index contributed by atoms with van der Waals surface area (Å²) in [6.45, 7) is 0. The third-order valence-electron chi connectivity index (χ3n) is 2.30. The molecule has 0 aliphatic rings. The van der Waals surface area contributed by atoms with Gasteiger partial charge in [-0.05, 0) is 34.1 Å². The largest absolute Gasteiger partial charge is 0.465 e. The minimum atomic E-state index is -0.569. The zero-order valence-corrected chi connectivity index (χ0v) is 11.4. The molecule has 0 amide bonds. The van der Waals surface area contributed by atoms with E-state index in [9.17, 15) is 9.18 Å². The predicted octanol–water partition coefficient (Wildman–Crippen LogP) is 2.91. The van der Waals surface area contributed by atoms with Gasteiger partial charge in [0.15, 0.2) is 0 Å². The van der Waals surface area contributed by atoms with Crippen molar-refractivity contribution in [1.82, 2.24) is 9.97 Å². The molecule has 0 fully saturated rings. The summed E-state index contributed by atoms with van der Waals surface area (Å²) in [7, 11) is 1.26. The molecular weight excluding hydrogens is 317 g/mol. The molecule has 0 spiro atoms. The summed E-state index contributed by atoms with van der Waals surface area (Å²) in [5, 5.41) is 2.84. The molecule has 0 aliphatic heterocycles. The maximum atomic E-state index is 13.4. The Kier molecular flexibility index (Phi) is 4.06. The highest BCUT2D eigenvalue weighted by molar-refractivity contribution is 9.10. The van der Waals surface area contributed by atoms with E-state index in [4.69, 9.17) is 0 Å². The van der Waals surface area contributed by atoms with E-state index in [1.807, 2.05) is 0 Å². The van der Waals surface area contributed by atoms with Crippen LogP contribution in [0.3, 0.4) is 0 Å². The number of hydrogen-bond donors (Lipinski definition) is 1. The van der Waals surface area contributed by atoms with Crippen molar-refractivity contribution in [3.05, 3.63) is 46.6 Å². The normalized spacial score (nSPS) is 10.1. The summed E-state index contributed by atoms with van der Waals surface area (Å²) >= 11 is 3.06. The van der Waals surface area contributed by atoms with Gasteiger partial charge in [0.1, 0.15) is 23.5 Å². The van der Waals surface area contributed by atoms with Crippen molar-refractivity contribution in [1.29, 1.82) is 0 Å². The number of carbonyl (C=O) groups excluding carboxylic acids is 1. The third kappa shape index (κ3) is 3.05. The summed E-state index contributed by atoms with van der Waals surface area (Å²) in [6.07, 6.45) is 2.61. The minimum Gasteiger partial charge on any atom is -0.465 e. The van der Waals surface area contributed by atoms with Crippen LogP contribution in [0.4, 0.5) is 15.9 Å². The molecule has 2 rings (SSSR count). The Labute approximate surface area is 117 Å². The zero-order chi connectivity index (χ0) is 13.8. The van der Waals surface area contributed by atoms with Gasteiger partial charge in [0.25, 0.3) is 0 Å². The van der Waals surface area contributed by atoms with Crippen LogP contribution in [-0.4, -0.2) is 23.0 Å². The van der Waals surface area contributed by atoms with E-state index in [2.05, 4.69) is 36.0 Å². The molecule has 2 aromatic rings. The number of hydrogen-bond acceptors (Lipinski definition) is 5. The lowest BCUT2D eigenvalue weighted by molar-refractivity contribution is 0.0601. The standard InChI is InChI=1S/C12H9BrFN3O2/c1-19-12(18)8-5-15-6-16-11(8)17-7-2-3-9(13)10(14)4-7/h2-6H,1H3,(H,15,16,17). The summed E-state index contributed by atoms with van der Waals surface area (Å²) in [5.41, 5.74) is 0.637. The zero-order valence-electron chi connectivity index (χ0n) is 9.85. The first kappa shape index (κ1) is 13.4. The van der Waals surface area contributed by atoms with Gasteiger partial charge in [-0.25, -0.2) is 19.2 Å². The second kappa shape index (κ2) is 5.75. The van der Waals surface area contributed by atoms with Gasteiger partial charge in [-0.15, -0.1) is 0 Å². The first-order valence-corrected chi connectivity index (χ1v) is 6.01. The fourth-order valence-corrected chi connectivity index (χ4v) is 1.65. The lowest BCUT2D eigenvalue weighted by atomic mass is 10.2. The molecule has 98 valence electrons. The second-order valence-electron chi connectivity index (χ2n) is 3.53. The number of benzene rings is 1. The van der Waals surface area contributed by atoms with E-state index >= 15 is 0 Å². The van der Waals surface area contributed by atoms with Crippen LogP contribution in [0.5, 0.6) is 0 Å². The van der Waals surface area contributed by atoms with Gasteiger partial charge in [0.05, 0.1) is 11.6 Å². The smallest absolute Gasteiger partial charge is 0.343 e. The van der Waals surface area contributed by atoms with Crippen molar-refractivity contribution in [3.8, 4) is 0 Å². The van der Waals surface area contributed by atoms with Crippen LogP contribution >= 0.6 is 15.9 Å². The fourth-order valence-electron chi connectivity index (χ4n) is 1.40. The number of methoxy groups -OCH3 is 1. The van der Waals surface area contributed by atoms with Gasteiger partial charge in [-0.2, -0.15) is 0 Å². The number of nitrogens with zero attached hydrogens (tertiary/aromatic N) is 2. The first-order valence-electron chi connectivity index (χ1n) is 5.22. The van der Waals surface area contributed by atoms with E-state index in [-0.39, 0.29) is 11.4 Å². The molecule has 5 nitrogen and oxygen atoms in total. The molecule has 0 bridgehead atoms. The van der Waals surface area contributed by atoms with Crippen LogP contribution in [0.2, 0.25) is 0 Å². The van der Waals surface area contributed by atoms with Crippen LogP contribution in [0.25, 0.3) is 0 Å². The minimum absolute atomic E-state index is 0.174. The van der Waals surface area contributed by atoms with Crippen molar-refractivity contribution >= 4 is 33.4 Å². The number of anilines is 2. The molecule has 0 saturated carbocycles. The maximum absolute atomic E-state index is 13.4. The molecule has 0 radical (unpaired) electrons. The van der Waals surface area contributed by atoms with Crippen molar-refractivity contribution < 1.29 is 13.9 Å². The average molecular weight is 326 g/mol. The van der Waals surface area contributed by atoms with Crippen LogP contribution < -0.4 is 5.32 Å². The van der Waals surface area contributed by atoms with E-state index in [0.717, 1.165) is 0 Å². The summed E-state index contributed by atoms with van der Waals surface area (Å²) in [6, 6.07) is 4.49. The molecule has 0 saturated heterocycles. The average Bonchev–Trinajstić information content (AvgIpc) is 2.43. The van der Waals surface area contributed by atoms with Gasteiger partial charge in [-0.3, -0.25) is 0 Å². The van der Waals surface area contributed by atoms with Crippen molar-refractivity contribution in [3.63, 3.8) is 0 Å². The molecular formula is C12H9BrFN3O2. The number of halogens is 2. The molecule has 1 aromatic heterocycles. The lowest BCUT2D eigenvalue weighted by Gasteiger charge is -2.09. The van der Waals surface area contributed by atoms with Crippen LogP contribution in [0.1, 0.15) is 10.4 Å². The van der Waals surface area contributed by atoms with E-state index < -0.39 is 11.8 Å². The molecule has 1 N–H and O–H groups in total. The molecule has 7 heteroatoms. The molecule has 19 heavy (non-hydrogen) atoms. The molecule has 0 atom stereocenters. The van der Waals surface area contributed by atoms with Crippen molar-refractivity contribution in [2.45, 2.75) is 0 Å². The first-order chi connectivity index (χ1) is 9.11. The molecule has 1 aromatic carbocycles. The monoisotopic (exact) mass is 325 g/mol. The second-order valence-corrected chi connectivity index (χ2v) is 4.38. The number of nitrogens with one attached hydrogen (secondary N) is 1. The number of carbonyl (C=O) groups is 1. The SMILES string of the molecule is COC(=O)c1cncnc1Nc1ccc(Br)c(F)c1. The summed E-state index contributed by atoms with van der Waals surface area (Å²) in [5.74, 6) is -0.733. The third-order valence-corrected chi connectivity index (χ3v) is 2.94. The van der Waals surface area contributed by atoms with Crippen molar-refractivity contribution in [2.75, 3.05) is 12.4 Å². The van der Waals surface area contributed by atoms with Crippen LogP contribution in [-0.2, 0) is 4.74 Å². The van der Waals surface area contributed by atoms with Gasteiger partial charge in [0.2, 0.25) is 0 Å². The number of rotatable bonds is 3. The Morgan fingerprint density at radius 3 is 2.95 bits per heavy atom. The number of esters is 1. The summed E-state index contributed by atoms with van der Waals surface area (Å²) < 4.78 is 18.4. The quantitative estimate of drug-likeness (QED) is 0.879. The predicted molar refractivity (Wildman–Crippen MR) is 70.8 cm³/mol. The Hall–Kier alpha value is -2.02. The number of ether oxygens (including phenoxy) is 1. The molecule has 0 aliphatic carbocycles. The van der Waals surface area contributed by atoms with Gasteiger partial charge < -0.3 is 10.1 Å². The Balaban J connectivity index is 2.32. The van der Waals surface area contributed by atoms with Gasteiger partial charge >= 0.3 is 5.97 Å². The highest BCUT2D eigenvalue weighted by Crippen LogP contribution is 2.23. The van der Waals surface area contributed by atoms with Crippen LogP contribution in [0.15, 0.2) is 35.2 Å². The Morgan fingerprint density at radius 2 is 2.26 bits per heavy atom. The highest BCUT2D eigenvalue weighted by atomic mass is 79.9. The van der Waals surface area contributed by atoms with Crippen LogP contribution in [0, 0.1) is 5.82 Å². The van der Waals surface area contributed by atoms with E-state index in [0.29, 0.717) is 10.2 Å². The fraction of sp³-hybridized carbons (Fsp3) is 0.0833. The topological polar surface area (TPSA) is 64.1 Å². The van der Waals surface area contributed by atoms with E-state index in [1.165, 1.54) is 25.7 Å². The molecule has 1 heterocycles. The summed E-state index contributed by atoms with van der Waals surface area (Å²) in [4.78, 5) is 19.2. The Morgan fingerprint density at radius 1 is 1.47 bits per heavy atom. The highest BCUT2D eigenvalue weighted by Gasteiger charge is 2.13. The van der Waals surface area contributed by atoms with Gasteiger partial charge in [0, 0.05) is 11.9 Å². The lowest BCUT2D eigenvalue weighted by Crippen LogP contribution is -2.08.